The molecule has 152 valence electrons. The van der Waals surface area contributed by atoms with E-state index in [0.29, 0.717) is 23.6 Å². The fourth-order valence-electron chi connectivity index (χ4n) is 3.81. The highest BCUT2D eigenvalue weighted by Crippen LogP contribution is 2.35. The molecule has 0 spiro atoms. The Labute approximate surface area is 171 Å². The van der Waals surface area contributed by atoms with Crippen LogP contribution in [0.1, 0.15) is 47.4 Å². The Balaban J connectivity index is 1.81. The lowest BCUT2D eigenvalue weighted by Gasteiger charge is -2.23. The van der Waals surface area contributed by atoms with Gasteiger partial charge in [-0.05, 0) is 31.0 Å². The number of imide groups is 1. The summed E-state index contributed by atoms with van der Waals surface area (Å²) >= 11 is 0. The van der Waals surface area contributed by atoms with Gasteiger partial charge in [-0.15, -0.1) is 10.2 Å². The number of carbonyl (C=O) groups excluding carboxylic acids is 2. The second kappa shape index (κ2) is 7.55. The first-order valence-electron chi connectivity index (χ1n) is 9.74. The average Bonchev–Trinajstić information content (AvgIpc) is 3.00. The van der Waals surface area contributed by atoms with Crippen LogP contribution in [0.15, 0.2) is 57.5 Å². The SMILES string of the molecule is CCC(CC)N1C(=O)c2cccc(N=Nc3c(=O)[nH]c(O)c4ccccc34)c2C1=O. The Morgan fingerprint density at radius 2 is 1.63 bits per heavy atom. The van der Waals surface area contributed by atoms with E-state index in [0.717, 1.165) is 0 Å². The Morgan fingerprint density at radius 3 is 2.33 bits per heavy atom. The first-order valence-corrected chi connectivity index (χ1v) is 9.74. The van der Waals surface area contributed by atoms with Gasteiger partial charge in [0.1, 0.15) is 0 Å². The van der Waals surface area contributed by atoms with E-state index < -0.39 is 11.5 Å². The maximum Gasteiger partial charge on any atom is 0.279 e. The van der Waals surface area contributed by atoms with Crippen LogP contribution in [0.25, 0.3) is 10.8 Å². The molecular formula is C22H20N4O4. The number of H-pyrrole nitrogens is 1. The van der Waals surface area contributed by atoms with Crippen LogP contribution in [0, 0.1) is 0 Å². The first kappa shape index (κ1) is 19.5. The summed E-state index contributed by atoms with van der Waals surface area (Å²) in [5, 5.41) is 19.0. The molecule has 30 heavy (non-hydrogen) atoms. The van der Waals surface area contributed by atoms with Crippen molar-refractivity contribution in [3.8, 4) is 5.88 Å². The van der Waals surface area contributed by atoms with E-state index in [1.165, 1.54) is 4.90 Å². The fraction of sp³-hybridized carbons (Fsp3) is 0.227. The highest BCUT2D eigenvalue weighted by molar-refractivity contribution is 6.23. The predicted octanol–water partition coefficient (Wildman–Crippen LogP) is 4.43. The third-order valence-corrected chi connectivity index (χ3v) is 5.37. The number of nitrogens with one attached hydrogen (secondary N) is 1. The number of carbonyl (C=O) groups is 2. The van der Waals surface area contributed by atoms with Crippen molar-refractivity contribution in [2.24, 2.45) is 10.2 Å². The number of aromatic nitrogens is 1. The number of aromatic hydroxyl groups is 1. The van der Waals surface area contributed by atoms with Crippen LogP contribution in [0.4, 0.5) is 11.4 Å². The van der Waals surface area contributed by atoms with Gasteiger partial charge in [0.15, 0.2) is 11.6 Å². The molecule has 0 saturated carbocycles. The van der Waals surface area contributed by atoms with Gasteiger partial charge in [-0.1, -0.05) is 38.1 Å². The highest BCUT2D eigenvalue weighted by Gasteiger charge is 2.40. The number of hydrogen-bond acceptors (Lipinski definition) is 6. The summed E-state index contributed by atoms with van der Waals surface area (Å²) in [4.78, 5) is 41.8. The molecule has 0 atom stereocenters. The van der Waals surface area contributed by atoms with Crippen molar-refractivity contribution in [3.05, 3.63) is 63.9 Å². The van der Waals surface area contributed by atoms with Gasteiger partial charge < -0.3 is 5.11 Å². The zero-order valence-electron chi connectivity index (χ0n) is 16.5. The van der Waals surface area contributed by atoms with Crippen molar-refractivity contribution in [3.63, 3.8) is 0 Å². The van der Waals surface area contributed by atoms with Gasteiger partial charge in [0.25, 0.3) is 17.4 Å². The highest BCUT2D eigenvalue weighted by atomic mass is 16.3. The van der Waals surface area contributed by atoms with E-state index in [4.69, 9.17) is 0 Å². The van der Waals surface area contributed by atoms with Gasteiger partial charge in [0.05, 0.1) is 16.8 Å². The smallest absolute Gasteiger partial charge is 0.279 e. The van der Waals surface area contributed by atoms with Crippen LogP contribution in [0.2, 0.25) is 0 Å². The molecule has 0 bridgehead atoms. The Morgan fingerprint density at radius 1 is 0.933 bits per heavy atom. The third kappa shape index (κ3) is 2.97. The third-order valence-electron chi connectivity index (χ3n) is 5.37. The quantitative estimate of drug-likeness (QED) is 0.483. The van der Waals surface area contributed by atoms with Gasteiger partial charge in [0.2, 0.25) is 0 Å². The predicted molar refractivity (Wildman–Crippen MR) is 112 cm³/mol. The first-order chi connectivity index (χ1) is 14.5. The number of nitrogens with zero attached hydrogens (tertiary/aromatic N) is 3. The molecule has 2 heterocycles. The normalized spacial score (nSPS) is 13.8. The number of hydrogen-bond donors (Lipinski definition) is 2. The molecule has 0 fully saturated rings. The number of azo groups is 1. The molecule has 8 nitrogen and oxygen atoms in total. The second-order valence-electron chi connectivity index (χ2n) is 7.05. The van der Waals surface area contributed by atoms with Gasteiger partial charge in [0, 0.05) is 16.8 Å². The lowest BCUT2D eigenvalue weighted by atomic mass is 10.1. The molecular weight excluding hydrogens is 384 g/mol. The molecule has 2 aromatic carbocycles. The van der Waals surface area contributed by atoms with E-state index in [1.54, 1.807) is 42.5 Å². The second-order valence-corrected chi connectivity index (χ2v) is 7.05. The van der Waals surface area contributed by atoms with Crippen molar-refractivity contribution < 1.29 is 14.7 Å². The number of benzene rings is 2. The topological polar surface area (TPSA) is 115 Å². The van der Waals surface area contributed by atoms with Crippen LogP contribution in [-0.2, 0) is 0 Å². The van der Waals surface area contributed by atoms with Crippen LogP contribution in [0.5, 0.6) is 5.88 Å². The van der Waals surface area contributed by atoms with E-state index in [1.807, 2.05) is 13.8 Å². The van der Waals surface area contributed by atoms with Gasteiger partial charge in [-0.2, -0.15) is 0 Å². The zero-order valence-corrected chi connectivity index (χ0v) is 16.5. The molecule has 2 N–H and O–H groups in total. The molecule has 0 aliphatic carbocycles. The van der Waals surface area contributed by atoms with E-state index >= 15 is 0 Å². The number of pyridine rings is 1. The molecule has 3 aromatic rings. The van der Waals surface area contributed by atoms with Crippen LogP contribution in [0.3, 0.4) is 0 Å². The van der Waals surface area contributed by atoms with E-state index in [-0.39, 0.29) is 40.3 Å². The summed E-state index contributed by atoms with van der Waals surface area (Å²) in [7, 11) is 0. The summed E-state index contributed by atoms with van der Waals surface area (Å²) in [6.45, 7) is 3.86. The molecule has 4 rings (SSSR count). The summed E-state index contributed by atoms with van der Waals surface area (Å²) < 4.78 is 0. The summed E-state index contributed by atoms with van der Waals surface area (Å²) in [5.41, 5.74) is 0.0968. The largest absolute Gasteiger partial charge is 0.494 e. The molecule has 0 saturated heterocycles. The van der Waals surface area contributed by atoms with E-state index in [9.17, 15) is 19.5 Å². The van der Waals surface area contributed by atoms with Crippen molar-refractivity contribution >= 4 is 34.0 Å². The lowest BCUT2D eigenvalue weighted by Crippen LogP contribution is -2.39. The lowest BCUT2D eigenvalue weighted by molar-refractivity contribution is 0.0576. The molecule has 0 unspecified atom stereocenters. The summed E-state index contributed by atoms with van der Waals surface area (Å²) in [6, 6.07) is 11.4. The number of rotatable bonds is 5. The molecule has 8 heteroatoms. The molecule has 2 amide bonds. The maximum absolute atomic E-state index is 13.0. The van der Waals surface area contributed by atoms with Crippen molar-refractivity contribution in [1.29, 1.82) is 0 Å². The van der Waals surface area contributed by atoms with Crippen molar-refractivity contribution in [1.82, 2.24) is 9.88 Å². The number of fused-ring (bicyclic) bond motifs is 2. The molecule has 0 radical (unpaired) electrons. The van der Waals surface area contributed by atoms with Gasteiger partial charge in [-0.25, -0.2) is 0 Å². The minimum Gasteiger partial charge on any atom is -0.494 e. The Kier molecular flexibility index (Phi) is 4.91. The standard InChI is InChI=1S/C22H20N4O4/c1-3-12(4-2)26-21(29)15-10-7-11-16(17(15)22(26)30)24-25-18-13-8-5-6-9-14(13)19(27)23-20(18)28/h5-12H,3-4H2,1-2H3,(H2,23,27,28). The minimum absolute atomic E-state index is 0.00891. The summed E-state index contributed by atoms with van der Waals surface area (Å²) in [6.07, 6.45) is 1.32. The molecule has 1 aliphatic heterocycles. The Bertz CT molecular complexity index is 1260. The minimum atomic E-state index is -0.608. The summed E-state index contributed by atoms with van der Waals surface area (Å²) in [5.74, 6) is -0.992. The van der Waals surface area contributed by atoms with Crippen LogP contribution >= 0.6 is 0 Å². The maximum atomic E-state index is 13.0. The Hall–Kier alpha value is -3.81. The van der Waals surface area contributed by atoms with Crippen molar-refractivity contribution in [2.75, 3.05) is 0 Å². The van der Waals surface area contributed by atoms with E-state index in [2.05, 4.69) is 15.2 Å². The van der Waals surface area contributed by atoms with Gasteiger partial charge in [-0.3, -0.25) is 24.3 Å². The average molecular weight is 404 g/mol. The monoisotopic (exact) mass is 404 g/mol. The van der Waals surface area contributed by atoms with Crippen LogP contribution < -0.4 is 5.56 Å². The molecule has 1 aromatic heterocycles. The number of amides is 2. The van der Waals surface area contributed by atoms with Gasteiger partial charge >= 0.3 is 0 Å². The number of aromatic amines is 1. The zero-order chi connectivity index (χ0) is 21.4. The molecule has 1 aliphatic rings. The van der Waals surface area contributed by atoms with Crippen LogP contribution in [-0.4, -0.2) is 32.8 Å². The fourth-order valence-corrected chi connectivity index (χ4v) is 3.81. The van der Waals surface area contributed by atoms with Crippen molar-refractivity contribution in [2.45, 2.75) is 32.7 Å².